The molecule has 3 heteroatoms. The molecule has 0 radical (unpaired) electrons. The number of hydrogen-bond donors (Lipinski definition) is 1. The molecule has 0 fully saturated rings. The van der Waals surface area contributed by atoms with Gasteiger partial charge in [0.25, 0.3) is 0 Å². The molecule has 0 aliphatic heterocycles. The number of aromatic nitrogens is 2. The lowest BCUT2D eigenvalue weighted by atomic mass is 10.2. The van der Waals surface area contributed by atoms with Crippen molar-refractivity contribution < 1.29 is 0 Å². The molecule has 0 aliphatic rings. The highest BCUT2D eigenvalue weighted by atomic mass is 15.2. The summed E-state index contributed by atoms with van der Waals surface area (Å²) in [7, 11) is 3.89. The fourth-order valence-electron chi connectivity index (χ4n) is 1.27. The van der Waals surface area contributed by atoms with Crippen LogP contribution in [0, 0.1) is 0 Å². The van der Waals surface area contributed by atoms with Gasteiger partial charge in [-0.2, -0.15) is 5.10 Å². The van der Waals surface area contributed by atoms with Crippen molar-refractivity contribution in [1.29, 1.82) is 0 Å². The topological polar surface area (TPSA) is 29.9 Å². The Balaban J connectivity index is 2.74. The molecule has 0 atom stereocenters. The van der Waals surface area contributed by atoms with Gasteiger partial charge in [0.2, 0.25) is 0 Å². The second kappa shape index (κ2) is 4.82. The lowest BCUT2D eigenvalue weighted by molar-refractivity contribution is 0.746. The molecule has 0 aliphatic carbocycles. The van der Waals surface area contributed by atoms with E-state index in [1.165, 1.54) is 5.56 Å². The molecule has 72 valence electrons. The van der Waals surface area contributed by atoms with Gasteiger partial charge in [-0.1, -0.05) is 19.1 Å². The van der Waals surface area contributed by atoms with E-state index in [2.05, 4.69) is 29.5 Å². The smallest absolute Gasteiger partial charge is 0.0693 e. The molecule has 1 N–H and O–H groups in total. The Labute approximate surface area is 79.5 Å². The van der Waals surface area contributed by atoms with Gasteiger partial charge in [-0.25, -0.2) is 0 Å². The second-order valence-electron chi connectivity index (χ2n) is 3.02. The van der Waals surface area contributed by atoms with Gasteiger partial charge in [0.15, 0.2) is 0 Å². The van der Waals surface area contributed by atoms with Gasteiger partial charge < -0.3 is 5.32 Å². The lowest BCUT2D eigenvalue weighted by Crippen LogP contribution is -2.03. The molecule has 0 saturated carbocycles. The van der Waals surface area contributed by atoms with Crippen molar-refractivity contribution in [2.45, 2.75) is 13.3 Å². The maximum Gasteiger partial charge on any atom is 0.0693 e. The largest absolute Gasteiger partial charge is 0.316 e. The first-order chi connectivity index (χ1) is 6.27. The van der Waals surface area contributed by atoms with Crippen molar-refractivity contribution in [3.63, 3.8) is 0 Å². The van der Waals surface area contributed by atoms with E-state index in [0.29, 0.717) is 0 Å². The summed E-state index contributed by atoms with van der Waals surface area (Å²) >= 11 is 0. The summed E-state index contributed by atoms with van der Waals surface area (Å²) in [5, 5.41) is 7.42. The monoisotopic (exact) mass is 179 g/mol. The third kappa shape index (κ3) is 2.70. The summed E-state index contributed by atoms with van der Waals surface area (Å²) in [6.07, 6.45) is 7.25. The van der Waals surface area contributed by atoms with E-state index in [1.54, 1.807) is 0 Å². The first kappa shape index (κ1) is 9.99. The van der Waals surface area contributed by atoms with Gasteiger partial charge in [0, 0.05) is 25.4 Å². The van der Waals surface area contributed by atoms with Crippen LogP contribution in [0.1, 0.15) is 18.2 Å². The van der Waals surface area contributed by atoms with Crippen LogP contribution in [-0.4, -0.2) is 23.4 Å². The third-order valence-electron chi connectivity index (χ3n) is 1.89. The molecule has 1 aromatic rings. The van der Waals surface area contributed by atoms with Gasteiger partial charge in [-0.3, -0.25) is 4.68 Å². The highest BCUT2D eigenvalue weighted by Gasteiger charge is 2.00. The molecule has 1 heterocycles. The summed E-state index contributed by atoms with van der Waals surface area (Å²) in [4.78, 5) is 0. The Bertz CT molecular complexity index is 286. The van der Waals surface area contributed by atoms with Crippen molar-refractivity contribution in [1.82, 2.24) is 15.1 Å². The molecular weight excluding hydrogens is 162 g/mol. The van der Waals surface area contributed by atoms with Gasteiger partial charge in [-0.05, 0) is 13.5 Å². The van der Waals surface area contributed by atoms with E-state index >= 15 is 0 Å². The summed E-state index contributed by atoms with van der Waals surface area (Å²) in [6, 6.07) is 0. The molecule has 0 aromatic carbocycles. The fraction of sp³-hybridized carbons (Fsp3) is 0.500. The zero-order chi connectivity index (χ0) is 9.68. The van der Waals surface area contributed by atoms with Crippen molar-refractivity contribution in [2.75, 3.05) is 13.6 Å². The number of nitrogens with one attached hydrogen (secondary N) is 1. The standard InChI is InChI=1S/C10H17N3/c1-4-10-9(6-5-7-11-2)8-13(3)12-10/h5-6,8,11H,4,7H2,1-3H3/b6-5+. The number of nitrogens with zero attached hydrogens (tertiary/aromatic N) is 2. The van der Waals surface area contributed by atoms with Crippen molar-refractivity contribution in [2.24, 2.45) is 7.05 Å². The van der Waals surface area contributed by atoms with E-state index in [-0.39, 0.29) is 0 Å². The first-order valence-corrected chi connectivity index (χ1v) is 4.61. The van der Waals surface area contributed by atoms with Crippen molar-refractivity contribution in [3.05, 3.63) is 23.5 Å². The average molecular weight is 179 g/mol. The zero-order valence-corrected chi connectivity index (χ0v) is 8.54. The third-order valence-corrected chi connectivity index (χ3v) is 1.89. The summed E-state index contributed by atoms with van der Waals surface area (Å²) < 4.78 is 1.86. The van der Waals surface area contributed by atoms with Crippen molar-refractivity contribution in [3.8, 4) is 0 Å². The van der Waals surface area contributed by atoms with Crippen LogP contribution in [0.5, 0.6) is 0 Å². The summed E-state index contributed by atoms with van der Waals surface area (Å²) in [5.74, 6) is 0. The molecular formula is C10H17N3. The Morgan fingerprint density at radius 1 is 1.62 bits per heavy atom. The molecule has 0 spiro atoms. The van der Waals surface area contributed by atoms with Crippen LogP contribution in [0.25, 0.3) is 6.08 Å². The number of hydrogen-bond acceptors (Lipinski definition) is 2. The van der Waals surface area contributed by atoms with Crippen LogP contribution in [0.4, 0.5) is 0 Å². The summed E-state index contributed by atoms with van der Waals surface area (Å²) in [5.41, 5.74) is 2.38. The molecule has 13 heavy (non-hydrogen) atoms. The van der Waals surface area contributed by atoms with E-state index in [4.69, 9.17) is 0 Å². The highest BCUT2D eigenvalue weighted by molar-refractivity contribution is 5.51. The SMILES string of the molecule is CCc1nn(C)cc1/C=C/CNC. The minimum atomic E-state index is 0.901. The molecule has 0 saturated heterocycles. The van der Waals surface area contributed by atoms with Crippen LogP contribution in [0.3, 0.4) is 0 Å². The molecule has 1 rings (SSSR count). The zero-order valence-electron chi connectivity index (χ0n) is 8.54. The second-order valence-corrected chi connectivity index (χ2v) is 3.02. The maximum absolute atomic E-state index is 4.35. The number of likely N-dealkylation sites (N-methyl/N-ethyl adjacent to an activating group) is 1. The first-order valence-electron chi connectivity index (χ1n) is 4.61. The predicted octanol–water partition coefficient (Wildman–Crippen LogP) is 1.22. The van der Waals surface area contributed by atoms with Crippen LogP contribution < -0.4 is 5.32 Å². The van der Waals surface area contributed by atoms with Crippen LogP contribution in [-0.2, 0) is 13.5 Å². The normalized spacial score (nSPS) is 11.3. The van der Waals surface area contributed by atoms with Crippen molar-refractivity contribution >= 4 is 6.08 Å². The Kier molecular flexibility index (Phi) is 3.71. The number of aryl methyl sites for hydroxylation is 2. The summed E-state index contributed by atoms with van der Waals surface area (Å²) in [6.45, 7) is 3.02. The quantitative estimate of drug-likeness (QED) is 0.753. The Morgan fingerprint density at radius 2 is 2.38 bits per heavy atom. The predicted molar refractivity (Wildman–Crippen MR) is 55.5 cm³/mol. The highest BCUT2D eigenvalue weighted by Crippen LogP contribution is 2.08. The number of rotatable bonds is 4. The minimum absolute atomic E-state index is 0.901. The maximum atomic E-state index is 4.35. The fourth-order valence-corrected chi connectivity index (χ4v) is 1.27. The van der Waals surface area contributed by atoms with Crippen LogP contribution >= 0.6 is 0 Å². The van der Waals surface area contributed by atoms with Gasteiger partial charge in [0.1, 0.15) is 0 Å². The minimum Gasteiger partial charge on any atom is -0.316 e. The molecule has 0 amide bonds. The van der Waals surface area contributed by atoms with E-state index in [9.17, 15) is 0 Å². The molecule has 0 unspecified atom stereocenters. The lowest BCUT2D eigenvalue weighted by Gasteiger charge is -1.91. The van der Waals surface area contributed by atoms with Gasteiger partial charge in [0.05, 0.1) is 5.69 Å². The van der Waals surface area contributed by atoms with E-state index in [0.717, 1.165) is 18.7 Å². The molecule has 3 nitrogen and oxygen atoms in total. The van der Waals surface area contributed by atoms with E-state index in [1.807, 2.05) is 25.0 Å². The average Bonchev–Trinajstić information content (AvgIpc) is 2.47. The molecule has 0 bridgehead atoms. The van der Waals surface area contributed by atoms with Gasteiger partial charge >= 0.3 is 0 Å². The Morgan fingerprint density at radius 3 is 3.00 bits per heavy atom. The van der Waals surface area contributed by atoms with Crippen LogP contribution in [0.15, 0.2) is 12.3 Å². The van der Waals surface area contributed by atoms with E-state index < -0.39 is 0 Å². The Hall–Kier alpha value is -1.09. The van der Waals surface area contributed by atoms with Gasteiger partial charge in [-0.15, -0.1) is 0 Å². The van der Waals surface area contributed by atoms with Crippen LogP contribution in [0.2, 0.25) is 0 Å². The molecule has 1 aromatic heterocycles.